The topological polar surface area (TPSA) is 112 Å². The number of likely N-dealkylation sites (N-methyl/N-ethyl adjacent to an activating group) is 1. The molecule has 1 aliphatic rings. The Balaban J connectivity index is 2.07. The molecule has 3 N–H and O–H groups in total. The van der Waals surface area contributed by atoms with Gasteiger partial charge in [0.25, 0.3) is 0 Å². The predicted molar refractivity (Wildman–Crippen MR) is 124 cm³/mol. The van der Waals surface area contributed by atoms with Gasteiger partial charge in [-0.05, 0) is 57.6 Å². The zero-order chi connectivity index (χ0) is 22.8. The molecule has 0 unspecified atom stereocenters. The third-order valence-corrected chi connectivity index (χ3v) is 4.96. The highest BCUT2D eigenvalue weighted by Gasteiger charge is 2.28. The molecule has 1 saturated heterocycles. The lowest BCUT2D eigenvalue weighted by Crippen LogP contribution is -2.45. The highest BCUT2D eigenvalue weighted by atomic mass is 35.5. The first kappa shape index (κ1) is 22.8. The minimum atomic E-state index is -0.718. The maximum absolute atomic E-state index is 13.2. The van der Waals surface area contributed by atoms with Crippen LogP contribution in [0.5, 0.6) is 0 Å². The predicted octanol–water partition coefficient (Wildman–Crippen LogP) is 3.53. The normalized spacial score (nSPS) is 14.9. The number of nitrogens with one attached hydrogen (secondary N) is 1. The Morgan fingerprint density at radius 3 is 2.52 bits per heavy atom. The van der Waals surface area contributed by atoms with E-state index < -0.39 is 11.7 Å². The monoisotopic (exact) mass is 445 g/mol. The van der Waals surface area contributed by atoms with E-state index in [1.165, 1.54) is 4.90 Å². The van der Waals surface area contributed by atoms with Gasteiger partial charge in [-0.15, -0.1) is 0 Å². The minimum absolute atomic E-state index is 0.0303. The average Bonchev–Trinajstić information content (AvgIpc) is 2.68. The number of carbonyl (C=O) groups is 1. The lowest BCUT2D eigenvalue weighted by Gasteiger charge is -2.33. The molecule has 31 heavy (non-hydrogen) atoms. The van der Waals surface area contributed by atoms with Gasteiger partial charge in [-0.1, -0.05) is 0 Å². The van der Waals surface area contributed by atoms with E-state index in [1.54, 1.807) is 45.0 Å². The van der Waals surface area contributed by atoms with Crippen LogP contribution in [0.25, 0.3) is 0 Å². The summed E-state index contributed by atoms with van der Waals surface area (Å²) >= 11 is 6.26. The zero-order valence-electron chi connectivity index (χ0n) is 18.2. The smallest absolute Gasteiger partial charge is 0.420 e. The molecule has 0 radical (unpaired) electrons. The summed E-state index contributed by atoms with van der Waals surface area (Å²) in [4.78, 5) is 27.5. The van der Waals surface area contributed by atoms with E-state index in [4.69, 9.17) is 27.5 Å². The van der Waals surface area contributed by atoms with Crippen LogP contribution in [0.2, 0.25) is 5.28 Å². The van der Waals surface area contributed by atoms with Gasteiger partial charge in [-0.3, -0.25) is 0 Å². The van der Waals surface area contributed by atoms with E-state index in [1.807, 2.05) is 0 Å². The number of carbonyl (C=O) groups excluding carboxylic acids is 1. The van der Waals surface area contributed by atoms with Crippen LogP contribution in [-0.4, -0.2) is 66.0 Å². The van der Waals surface area contributed by atoms with E-state index in [-0.39, 0.29) is 11.1 Å². The number of anilines is 4. The third-order valence-electron chi connectivity index (χ3n) is 4.79. The molecule has 0 spiro atoms. The van der Waals surface area contributed by atoms with Crippen molar-refractivity contribution in [3.8, 4) is 0 Å². The summed E-state index contributed by atoms with van der Waals surface area (Å²) in [5, 5.41) is 7.63. The molecular weight excluding hydrogens is 418 g/mol. The molecule has 0 bridgehead atoms. The minimum Gasteiger partial charge on any atom is -0.443 e. The van der Waals surface area contributed by atoms with E-state index in [0.717, 1.165) is 32.4 Å². The van der Waals surface area contributed by atoms with E-state index in [2.05, 4.69) is 26.8 Å². The number of ether oxygens (including phenoxy) is 1. The van der Waals surface area contributed by atoms with Gasteiger partial charge in [-0.2, -0.15) is 4.98 Å². The van der Waals surface area contributed by atoms with Crippen molar-refractivity contribution in [2.45, 2.75) is 26.4 Å². The van der Waals surface area contributed by atoms with Gasteiger partial charge in [0.1, 0.15) is 17.2 Å². The highest BCUT2D eigenvalue weighted by Crippen LogP contribution is 2.31. The first-order valence-corrected chi connectivity index (χ1v) is 10.4. The number of amides is 1. The fraction of sp³-hybridized carbons (Fsp3) is 0.429. The van der Waals surface area contributed by atoms with Crippen molar-refractivity contribution in [3.63, 3.8) is 0 Å². The van der Waals surface area contributed by atoms with Crippen molar-refractivity contribution in [1.29, 1.82) is 5.41 Å². The Kier molecular flexibility index (Phi) is 6.66. The maximum Gasteiger partial charge on any atom is 0.420 e. The van der Waals surface area contributed by atoms with Gasteiger partial charge in [0.05, 0.1) is 5.69 Å². The third kappa shape index (κ3) is 5.62. The van der Waals surface area contributed by atoms with Crippen LogP contribution in [0.4, 0.5) is 27.8 Å². The Labute approximate surface area is 187 Å². The molecule has 1 aliphatic heterocycles. The van der Waals surface area contributed by atoms with Gasteiger partial charge in [-0.25, -0.2) is 14.7 Å². The van der Waals surface area contributed by atoms with Gasteiger partial charge >= 0.3 is 6.09 Å². The number of nitrogen functional groups attached to an aromatic ring is 1. The van der Waals surface area contributed by atoms with E-state index in [9.17, 15) is 4.79 Å². The van der Waals surface area contributed by atoms with Crippen LogP contribution >= 0.6 is 11.6 Å². The van der Waals surface area contributed by atoms with Crippen molar-refractivity contribution >= 4 is 46.9 Å². The average molecular weight is 446 g/mol. The standard InChI is InChI=1S/C21H28ClN7O2/c1-21(2,3)31-20(30)29(15-5-6-16(24)14(11-15)13-23)18-12-17(25-19(22)26-18)28-9-7-27(4)8-10-28/h5-6,11-13,23H,7-10,24H2,1-4H3. The Morgan fingerprint density at radius 1 is 1.23 bits per heavy atom. The van der Waals surface area contributed by atoms with Gasteiger partial charge < -0.3 is 25.7 Å². The number of aromatic nitrogens is 2. The molecular formula is C21H28ClN7O2. The fourth-order valence-electron chi connectivity index (χ4n) is 3.17. The van der Waals surface area contributed by atoms with Gasteiger partial charge in [0, 0.05) is 49.7 Å². The zero-order valence-corrected chi connectivity index (χ0v) is 19.0. The lowest BCUT2D eigenvalue weighted by molar-refractivity contribution is 0.0598. The highest BCUT2D eigenvalue weighted by molar-refractivity contribution is 6.28. The SMILES string of the molecule is CN1CCN(c2cc(N(C(=O)OC(C)(C)C)c3ccc(N)c(C=N)c3)nc(Cl)n2)CC1. The summed E-state index contributed by atoms with van der Waals surface area (Å²) in [6.45, 7) is 8.74. The Bertz CT molecular complexity index is 969. The molecule has 0 atom stereocenters. The van der Waals surface area contributed by atoms with Crippen molar-refractivity contribution in [3.05, 3.63) is 35.1 Å². The summed E-state index contributed by atoms with van der Waals surface area (Å²) in [6.07, 6.45) is 0.515. The number of rotatable bonds is 4. The fourth-order valence-corrected chi connectivity index (χ4v) is 3.34. The van der Waals surface area contributed by atoms with Crippen LogP contribution in [0, 0.1) is 5.41 Å². The second-order valence-corrected chi connectivity index (χ2v) is 8.76. The molecule has 2 heterocycles. The number of piperazine rings is 1. The first-order chi connectivity index (χ1) is 14.6. The number of nitrogens with zero attached hydrogens (tertiary/aromatic N) is 5. The quantitative estimate of drug-likeness (QED) is 0.420. The Morgan fingerprint density at radius 2 is 1.90 bits per heavy atom. The van der Waals surface area contributed by atoms with Crippen LogP contribution < -0.4 is 15.5 Å². The van der Waals surface area contributed by atoms with Crippen molar-refractivity contribution in [2.75, 3.05) is 48.8 Å². The largest absolute Gasteiger partial charge is 0.443 e. The second kappa shape index (κ2) is 9.07. The summed E-state index contributed by atoms with van der Waals surface area (Å²) < 4.78 is 5.63. The molecule has 1 aromatic heterocycles. The molecule has 3 rings (SSSR count). The Hall–Kier alpha value is -2.91. The molecule has 9 nitrogen and oxygen atoms in total. The van der Waals surface area contributed by atoms with Gasteiger partial charge in [0.15, 0.2) is 0 Å². The maximum atomic E-state index is 13.2. The first-order valence-electron chi connectivity index (χ1n) is 9.98. The van der Waals surface area contributed by atoms with Crippen LogP contribution in [0.15, 0.2) is 24.3 Å². The summed E-state index contributed by atoms with van der Waals surface area (Å²) in [7, 11) is 2.07. The van der Waals surface area contributed by atoms with Crippen LogP contribution in [-0.2, 0) is 4.74 Å². The van der Waals surface area contributed by atoms with Crippen molar-refractivity contribution in [1.82, 2.24) is 14.9 Å². The molecule has 1 aromatic carbocycles. The molecule has 1 fully saturated rings. The molecule has 0 saturated carbocycles. The number of benzene rings is 1. The molecule has 2 aromatic rings. The van der Waals surface area contributed by atoms with E-state index in [0.29, 0.717) is 22.8 Å². The molecule has 166 valence electrons. The van der Waals surface area contributed by atoms with Crippen molar-refractivity contribution in [2.24, 2.45) is 0 Å². The van der Waals surface area contributed by atoms with Crippen LogP contribution in [0.1, 0.15) is 26.3 Å². The molecule has 10 heteroatoms. The number of hydrogen-bond donors (Lipinski definition) is 2. The number of halogens is 1. The van der Waals surface area contributed by atoms with Crippen LogP contribution in [0.3, 0.4) is 0 Å². The summed E-state index contributed by atoms with van der Waals surface area (Å²) in [6, 6.07) is 6.68. The van der Waals surface area contributed by atoms with E-state index >= 15 is 0 Å². The summed E-state index contributed by atoms with van der Waals surface area (Å²) in [5.74, 6) is 0.920. The number of nitrogens with two attached hydrogens (primary N) is 1. The second-order valence-electron chi connectivity index (χ2n) is 8.42. The van der Waals surface area contributed by atoms with Gasteiger partial charge in [0.2, 0.25) is 5.28 Å². The van der Waals surface area contributed by atoms with Crippen molar-refractivity contribution < 1.29 is 9.53 Å². The molecule has 1 amide bonds. The lowest BCUT2D eigenvalue weighted by atomic mass is 10.1. The molecule has 0 aliphatic carbocycles. The summed E-state index contributed by atoms with van der Waals surface area (Å²) in [5.41, 5.74) is 6.58. The number of hydrogen-bond acceptors (Lipinski definition) is 8.